The Morgan fingerprint density at radius 2 is 2.21 bits per heavy atom. The van der Waals surface area contributed by atoms with E-state index in [1.807, 2.05) is 25.7 Å². The van der Waals surface area contributed by atoms with Gasteiger partial charge in [-0.05, 0) is 40.0 Å². The van der Waals surface area contributed by atoms with Crippen LogP contribution in [0.25, 0.3) is 0 Å². The van der Waals surface area contributed by atoms with Crippen molar-refractivity contribution in [3.63, 3.8) is 0 Å². The number of aromatic amines is 1. The molecule has 3 aliphatic rings. The molecule has 2 saturated heterocycles. The van der Waals surface area contributed by atoms with Gasteiger partial charge in [0.2, 0.25) is 5.91 Å². The number of aromatic nitrogens is 2. The van der Waals surface area contributed by atoms with Crippen LogP contribution in [0, 0.1) is 0 Å². The molecule has 8 nitrogen and oxygen atoms in total. The molecule has 1 aromatic heterocycles. The molecule has 4 rings (SSSR count). The molecule has 8 heteroatoms. The zero-order valence-electron chi connectivity index (χ0n) is 17.0. The van der Waals surface area contributed by atoms with E-state index >= 15 is 0 Å². The standard InChI is InChI=1S/C20H30N4O4/c1-19(2,3)28-18(26)23-9-7-20(12-23)17-15(21-13-22-17)6-8-24(20)16(25)11-14-5-4-10-27-14/h13-14H,4-12H2,1-3H3,(H,21,22). The average molecular weight is 390 g/mol. The Kier molecular flexibility index (Phi) is 4.85. The first-order valence-corrected chi connectivity index (χ1v) is 10.2. The molecular formula is C20H30N4O4. The number of ether oxygens (including phenoxy) is 2. The number of nitrogens with one attached hydrogen (secondary N) is 1. The summed E-state index contributed by atoms with van der Waals surface area (Å²) in [6.07, 6.45) is 5.13. The van der Waals surface area contributed by atoms with Gasteiger partial charge in [-0.25, -0.2) is 9.78 Å². The first-order chi connectivity index (χ1) is 13.3. The van der Waals surface area contributed by atoms with Crippen LogP contribution >= 0.6 is 0 Å². The third-order valence-electron chi connectivity index (χ3n) is 5.89. The molecule has 3 aliphatic heterocycles. The molecule has 2 atom stereocenters. The summed E-state index contributed by atoms with van der Waals surface area (Å²) < 4.78 is 11.2. The lowest BCUT2D eigenvalue weighted by Crippen LogP contribution is -2.56. The fourth-order valence-corrected chi connectivity index (χ4v) is 4.64. The number of imidazole rings is 1. The van der Waals surface area contributed by atoms with Crippen LogP contribution in [-0.4, -0.2) is 69.7 Å². The van der Waals surface area contributed by atoms with Gasteiger partial charge in [-0.2, -0.15) is 0 Å². The van der Waals surface area contributed by atoms with Crippen molar-refractivity contribution in [1.29, 1.82) is 0 Å². The Morgan fingerprint density at radius 3 is 2.93 bits per heavy atom. The number of fused-ring (bicyclic) bond motifs is 2. The molecule has 2 fully saturated rings. The predicted octanol–water partition coefficient (Wildman–Crippen LogP) is 2.20. The zero-order chi connectivity index (χ0) is 19.9. The summed E-state index contributed by atoms with van der Waals surface area (Å²) in [5, 5.41) is 0. The van der Waals surface area contributed by atoms with Crippen LogP contribution in [0.4, 0.5) is 4.79 Å². The zero-order valence-corrected chi connectivity index (χ0v) is 17.0. The number of amides is 2. The lowest BCUT2D eigenvalue weighted by Gasteiger charge is -2.44. The van der Waals surface area contributed by atoms with Gasteiger partial charge in [-0.15, -0.1) is 0 Å². The molecule has 0 radical (unpaired) electrons. The Morgan fingerprint density at radius 1 is 1.39 bits per heavy atom. The van der Waals surface area contributed by atoms with Gasteiger partial charge < -0.3 is 24.3 Å². The number of hydrogen-bond acceptors (Lipinski definition) is 5. The van der Waals surface area contributed by atoms with E-state index in [2.05, 4.69) is 9.97 Å². The van der Waals surface area contributed by atoms with Gasteiger partial charge in [0.15, 0.2) is 0 Å². The van der Waals surface area contributed by atoms with Crippen molar-refractivity contribution >= 4 is 12.0 Å². The van der Waals surface area contributed by atoms with Crippen LogP contribution in [-0.2, 0) is 26.2 Å². The SMILES string of the molecule is CC(C)(C)OC(=O)N1CCC2(C1)c1nc[nH]c1CCN2C(=O)CC1CCCO1. The first-order valence-electron chi connectivity index (χ1n) is 10.2. The molecule has 0 aliphatic carbocycles. The lowest BCUT2D eigenvalue weighted by molar-refractivity contribution is -0.141. The molecule has 1 spiro atoms. The summed E-state index contributed by atoms with van der Waals surface area (Å²) in [4.78, 5) is 37.3. The fraction of sp³-hybridized carbons (Fsp3) is 0.750. The summed E-state index contributed by atoms with van der Waals surface area (Å²) in [6, 6.07) is 0. The van der Waals surface area contributed by atoms with E-state index in [-0.39, 0.29) is 18.1 Å². The Balaban J connectivity index is 1.57. The van der Waals surface area contributed by atoms with E-state index in [1.165, 1.54) is 0 Å². The number of hydrogen-bond donors (Lipinski definition) is 1. The second-order valence-electron chi connectivity index (χ2n) is 9.05. The van der Waals surface area contributed by atoms with E-state index in [9.17, 15) is 9.59 Å². The van der Waals surface area contributed by atoms with Crippen molar-refractivity contribution in [2.45, 2.75) is 70.1 Å². The molecule has 0 aromatic carbocycles. The smallest absolute Gasteiger partial charge is 0.410 e. The summed E-state index contributed by atoms with van der Waals surface area (Å²) >= 11 is 0. The molecule has 4 heterocycles. The minimum Gasteiger partial charge on any atom is -0.444 e. The summed E-state index contributed by atoms with van der Waals surface area (Å²) in [5.41, 5.74) is 0.824. The maximum absolute atomic E-state index is 13.2. The van der Waals surface area contributed by atoms with Gasteiger partial charge in [0, 0.05) is 31.8 Å². The van der Waals surface area contributed by atoms with Gasteiger partial charge in [0.1, 0.15) is 11.1 Å². The number of carbonyl (C=O) groups is 2. The van der Waals surface area contributed by atoms with Crippen LogP contribution in [0.2, 0.25) is 0 Å². The fourth-order valence-electron chi connectivity index (χ4n) is 4.64. The van der Waals surface area contributed by atoms with Crippen molar-refractivity contribution in [1.82, 2.24) is 19.8 Å². The highest BCUT2D eigenvalue weighted by Gasteiger charge is 2.52. The highest BCUT2D eigenvalue weighted by atomic mass is 16.6. The Bertz CT molecular complexity index is 750. The van der Waals surface area contributed by atoms with E-state index in [1.54, 1.807) is 11.2 Å². The molecule has 2 unspecified atom stereocenters. The van der Waals surface area contributed by atoms with Gasteiger partial charge in [-0.3, -0.25) is 4.79 Å². The monoisotopic (exact) mass is 390 g/mol. The average Bonchev–Trinajstić information content (AvgIpc) is 3.34. The van der Waals surface area contributed by atoms with Gasteiger partial charge in [0.25, 0.3) is 0 Å². The second-order valence-corrected chi connectivity index (χ2v) is 9.05. The minimum absolute atomic E-state index is 0.00786. The van der Waals surface area contributed by atoms with Crippen molar-refractivity contribution in [2.24, 2.45) is 0 Å². The topological polar surface area (TPSA) is 87.8 Å². The van der Waals surface area contributed by atoms with Crippen molar-refractivity contribution in [3.8, 4) is 0 Å². The van der Waals surface area contributed by atoms with Gasteiger partial charge in [-0.1, -0.05) is 0 Å². The van der Waals surface area contributed by atoms with Crippen LogP contribution in [0.15, 0.2) is 6.33 Å². The third kappa shape index (κ3) is 3.50. The minimum atomic E-state index is -0.583. The largest absolute Gasteiger partial charge is 0.444 e. The second kappa shape index (κ2) is 7.06. The van der Waals surface area contributed by atoms with E-state index < -0.39 is 11.1 Å². The molecule has 154 valence electrons. The van der Waals surface area contributed by atoms with Gasteiger partial charge >= 0.3 is 6.09 Å². The Labute approximate surface area is 165 Å². The van der Waals surface area contributed by atoms with Crippen molar-refractivity contribution < 1.29 is 19.1 Å². The molecule has 0 saturated carbocycles. The number of carbonyl (C=O) groups excluding carboxylic acids is 2. The molecule has 1 N–H and O–H groups in total. The highest BCUT2D eigenvalue weighted by Crippen LogP contribution is 2.42. The van der Waals surface area contributed by atoms with Crippen LogP contribution in [0.5, 0.6) is 0 Å². The van der Waals surface area contributed by atoms with E-state index in [4.69, 9.17) is 9.47 Å². The third-order valence-corrected chi connectivity index (χ3v) is 5.89. The van der Waals surface area contributed by atoms with Crippen molar-refractivity contribution in [3.05, 3.63) is 17.7 Å². The van der Waals surface area contributed by atoms with E-state index in [0.29, 0.717) is 32.5 Å². The van der Waals surface area contributed by atoms with Crippen LogP contribution in [0.1, 0.15) is 57.8 Å². The number of likely N-dealkylation sites (tertiary alicyclic amines) is 1. The predicted molar refractivity (Wildman–Crippen MR) is 102 cm³/mol. The molecular weight excluding hydrogens is 360 g/mol. The summed E-state index contributed by atoms with van der Waals surface area (Å²) in [5.74, 6) is 0.0894. The van der Waals surface area contributed by atoms with Crippen LogP contribution in [0.3, 0.4) is 0 Å². The summed E-state index contributed by atoms with van der Waals surface area (Å²) in [7, 11) is 0. The molecule has 0 bridgehead atoms. The Hall–Kier alpha value is -2.09. The van der Waals surface area contributed by atoms with E-state index in [0.717, 1.165) is 37.3 Å². The molecule has 28 heavy (non-hydrogen) atoms. The number of H-pyrrole nitrogens is 1. The number of rotatable bonds is 2. The summed E-state index contributed by atoms with van der Waals surface area (Å²) in [6.45, 7) is 7.91. The number of nitrogens with zero attached hydrogens (tertiary/aromatic N) is 3. The quantitative estimate of drug-likeness (QED) is 0.836. The normalized spacial score (nSPS) is 27.3. The lowest BCUT2D eigenvalue weighted by atomic mass is 9.85. The van der Waals surface area contributed by atoms with Gasteiger partial charge in [0.05, 0.1) is 31.1 Å². The maximum Gasteiger partial charge on any atom is 0.410 e. The maximum atomic E-state index is 13.2. The van der Waals surface area contributed by atoms with Crippen LogP contribution < -0.4 is 0 Å². The molecule has 2 amide bonds. The van der Waals surface area contributed by atoms with Crippen molar-refractivity contribution in [2.75, 3.05) is 26.2 Å². The highest BCUT2D eigenvalue weighted by molar-refractivity contribution is 5.79. The molecule has 1 aromatic rings. The first kappa shape index (κ1) is 19.2.